The maximum Gasteiger partial charge on any atom is 0.0158 e. The highest BCUT2D eigenvalue weighted by Gasteiger charge is 2.35. The van der Waals surface area contributed by atoms with Crippen LogP contribution in [0.1, 0.15) is 41.7 Å². The number of hydrogen-bond donors (Lipinski definition) is 0. The lowest BCUT2D eigenvalue weighted by Crippen LogP contribution is -2.15. The molecule has 0 atom stereocenters. The molecule has 0 heterocycles. The van der Waals surface area contributed by atoms with E-state index >= 15 is 0 Å². The Balaban J connectivity index is 2.02. The smallest absolute Gasteiger partial charge is 0.0158 e. The second-order valence-corrected chi connectivity index (χ2v) is 7.70. The topological polar surface area (TPSA) is 0 Å². The zero-order chi connectivity index (χ0) is 17.1. The third kappa shape index (κ3) is 2.06. The second-order valence-electron chi connectivity index (χ2n) is 7.70. The Morgan fingerprint density at radius 2 is 1.29 bits per heavy atom. The molecule has 0 bridgehead atoms. The van der Waals surface area contributed by atoms with Gasteiger partial charge in [-0.05, 0) is 71.3 Å². The third-order valence-corrected chi connectivity index (χ3v) is 5.61. The van der Waals surface area contributed by atoms with Gasteiger partial charge >= 0.3 is 0 Å². The summed E-state index contributed by atoms with van der Waals surface area (Å²) >= 11 is 0. The van der Waals surface area contributed by atoms with Crippen molar-refractivity contribution in [3.05, 3.63) is 82.4 Å². The molecule has 0 saturated heterocycles. The highest BCUT2D eigenvalue weighted by atomic mass is 14.4. The summed E-state index contributed by atoms with van der Waals surface area (Å²) in [6.45, 7) is 11.3. The Bertz CT molecular complexity index is 958. The summed E-state index contributed by atoms with van der Waals surface area (Å²) in [7, 11) is 0. The summed E-state index contributed by atoms with van der Waals surface area (Å²) in [6.07, 6.45) is 0. The van der Waals surface area contributed by atoms with Crippen LogP contribution in [0, 0.1) is 20.8 Å². The van der Waals surface area contributed by atoms with Crippen molar-refractivity contribution < 1.29 is 0 Å². The summed E-state index contributed by atoms with van der Waals surface area (Å²) in [4.78, 5) is 0. The van der Waals surface area contributed by atoms with E-state index in [1.165, 1.54) is 50.1 Å². The molecule has 0 amide bonds. The number of aryl methyl sites for hydroxylation is 3. The molecule has 24 heavy (non-hydrogen) atoms. The normalized spacial score (nSPS) is 14.4. The lowest BCUT2D eigenvalue weighted by molar-refractivity contribution is 0.660. The van der Waals surface area contributed by atoms with Gasteiger partial charge in [-0.1, -0.05) is 67.9 Å². The first-order valence-corrected chi connectivity index (χ1v) is 8.72. The van der Waals surface area contributed by atoms with Crippen molar-refractivity contribution >= 4 is 0 Å². The van der Waals surface area contributed by atoms with Crippen molar-refractivity contribution in [2.24, 2.45) is 0 Å². The minimum absolute atomic E-state index is 0.0802. The fraction of sp³-hybridized carbons (Fsp3) is 0.250. The first-order valence-electron chi connectivity index (χ1n) is 8.72. The quantitative estimate of drug-likeness (QED) is 0.476. The van der Waals surface area contributed by atoms with Gasteiger partial charge in [0, 0.05) is 5.41 Å². The SMILES string of the molecule is Cc1ccc(C)c(-c2cc3c(cc2C)C(C)(C)c2ccccc2-3)c1. The van der Waals surface area contributed by atoms with Crippen LogP contribution in [0.15, 0.2) is 54.6 Å². The van der Waals surface area contributed by atoms with E-state index in [9.17, 15) is 0 Å². The van der Waals surface area contributed by atoms with Crippen LogP contribution in [-0.2, 0) is 5.41 Å². The molecule has 0 aliphatic heterocycles. The van der Waals surface area contributed by atoms with E-state index in [0.29, 0.717) is 0 Å². The minimum atomic E-state index is 0.0802. The van der Waals surface area contributed by atoms with Gasteiger partial charge in [-0.3, -0.25) is 0 Å². The van der Waals surface area contributed by atoms with E-state index in [0.717, 1.165) is 0 Å². The van der Waals surface area contributed by atoms with Crippen molar-refractivity contribution in [1.82, 2.24) is 0 Å². The van der Waals surface area contributed by atoms with E-state index in [2.05, 4.69) is 89.2 Å². The van der Waals surface area contributed by atoms with E-state index < -0.39 is 0 Å². The highest BCUT2D eigenvalue weighted by Crippen LogP contribution is 2.50. The van der Waals surface area contributed by atoms with Gasteiger partial charge in [-0.15, -0.1) is 0 Å². The zero-order valence-corrected chi connectivity index (χ0v) is 15.2. The van der Waals surface area contributed by atoms with Gasteiger partial charge < -0.3 is 0 Å². The highest BCUT2D eigenvalue weighted by molar-refractivity contribution is 5.86. The molecule has 3 aromatic rings. The first-order chi connectivity index (χ1) is 11.4. The molecule has 1 aliphatic carbocycles. The first kappa shape index (κ1) is 15.2. The van der Waals surface area contributed by atoms with Crippen molar-refractivity contribution in [1.29, 1.82) is 0 Å². The van der Waals surface area contributed by atoms with Crippen LogP contribution in [0.4, 0.5) is 0 Å². The predicted octanol–water partition coefficient (Wildman–Crippen LogP) is 6.59. The summed E-state index contributed by atoms with van der Waals surface area (Å²) in [5, 5.41) is 0. The molecule has 0 fully saturated rings. The second kappa shape index (κ2) is 5.08. The van der Waals surface area contributed by atoms with E-state index in [1.54, 1.807) is 0 Å². The molecule has 120 valence electrons. The van der Waals surface area contributed by atoms with Crippen LogP contribution in [0.25, 0.3) is 22.3 Å². The summed E-state index contributed by atoms with van der Waals surface area (Å²) in [6, 6.07) is 20.4. The van der Waals surface area contributed by atoms with Crippen LogP contribution in [0.3, 0.4) is 0 Å². The number of fused-ring (bicyclic) bond motifs is 3. The standard InChI is InChI=1S/C24H24/c1-15-10-11-16(2)19(12-15)20-14-21-18-8-6-7-9-22(18)24(4,5)23(21)13-17(20)3/h6-14H,1-5H3. The maximum atomic E-state index is 2.42. The molecule has 0 spiro atoms. The number of hydrogen-bond acceptors (Lipinski definition) is 0. The average molecular weight is 312 g/mol. The minimum Gasteiger partial charge on any atom is -0.0619 e. The van der Waals surface area contributed by atoms with Crippen molar-refractivity contribution in [2.75, 3.05) is 0 Å². The molecule has 0 nitrogen and oxygen atoms in total. The molecule has 0 saturated carbocycles. The molecule has 0 radical (unpaired) electrons. The van der Waals surface area contributed by atoms with E-state index in [-0.39, 0.29) is 5.41 Å². The molecule has 0 unspecified atom stereocenters. The molecule has 4 rings (SSSR count). The molecule has 1 aliphatic rings. The van der Waals surface area contributed by atoms with Gasteiger partial charge in [-0.25, -0.2) is 0 Å². The molecule has 3 aromatic carbocycles. The van der Waals surface area contributed by atoms with Crippen molar-refractivity contribution in [3.63, 3.8) is 0 Å². The lowest BCUT2D eigenvalue weighted by Gasteiger charge is -2.22. The summed E-state index contributed by atoms with van der Waals surface area (Å²) < 4.78 is 0. The van der Waals surface area contributed by atoms with Crippen LogP contribution >= 0.6 is 0 Å². The van der Waals surface area contributed by atoms with Crippen LogP contribution in [0.5, 0.6) is 0 Å². The van der Waals surface area contributed by atoms with Crippen LogP contribution < -0.4 is 0 Å². The Kier molecular flexibility index (Phi) is 3.22. The van der Waals surface area contributed by atoms with Gasteiger partial charge in [0.1, 0.15) is 0 Å². The molecular formula is C24H24. The number of benzene rings is 3. The van der Waals surface area contributed by atoms with Crippen molar-refractivity contribution in [3.8, 4) is 22.3 Å². The van der Waals surface area contributed by atoms with Gasteiger partial charge in [-0.2, -0.15) is 0 Å². The van der Waals surface area contributed by atoms with Gasteiger partial charge in [0.25, 0.3) is 0 Å². The fourth-order valence-corrected chi connectivity index (χ4v) is 4.17. The Labute approximate surface area is 145 Å². The Hall–Kier alpha value is -2.34. The number of rotatable bonds is 1. The fourth-order valence-electron chi connectivity index (χ4n) is 4.17. The Morgan fingerprint density at radius 3 is 2.08 bits per heavy atom. The summed E-state index contributed by atoms with van der Waals surface area (Å²) in [5.74, 6) is 0. The molecule has 0 heteroatoms. The van der Waals surface area contributed by atoms with Gasteiger partial charge in [0.2, 0.25) is 0 Å². The monoisotopic (exact) mass is 312 g/mol. The lowest BCUT2D eigenvalue weighted by atomic mass is 9.81. The van der Waals surface area contributed by atoms with Crippen molar-refractivity contribution in [2.45, 2.75) is 40.0 Å². The predicted molar refractivity (Wildman–Crippen MR) is 104 cm³/mol. The largest absolute Gasteiger partial charge is 0.0619 e. The van der Waals surface area contributed by atoms with Crippen LogP contribution in [0.2, 0.25) is 0 Å². The third-order valence-electron chi connectivity index (χ3n) is 5.61. The molecule has 0 aromatic heterocycles. The Morgan fingerprint density at radius 1 is 0.583 bits per heavy atom. The summed E-state index contributed by atoms with van der Waals surface area (Å²) in [5.41, 5.74) is 12.5. The van der Waals surface area contributed by atoms with Gasteiger partial charge in [0.15, 0.2) is 0 Å². The van der Waals surface area contributed by atoms with Gasteiger partial charge in [0.05, 0.1) is 0 Å². The molecular weight excluding hydrogens is 288 g/mol. The van der Waals surface area contributed by atoms with Crippen LogP contribution in [-0.4, -0.2) is 0 Å². The zero-order valence-electron chi connectivity index (χ0n) is 15.2. The maximum absolute atomic E-state index is 2.42. The molecule has 0 N–H and O–H groups in total. The van der Waals surface area contributed by atoms with E-state index in [4.69, 9.17) is 0 Å². The van der Waals surface area contributed by atoms with E-state index in [1.807, 2.05) is 0 Å². The average Bonchev–Trinajstić information content (AvgIpc) is 2.77.